The van der Waals surface area contributed by atoms with Gasteiger partial charge in [-0.1, -0.05) is 32.4 Å². The maximum absolute atomic E-state index is 13.3. The van der Waals surface area contributed by atoms with Gasteiger partial charge >= 0.3 is 0 Å². The summed E-state index contributed by atoms with van der Waals surface area (Å²) in [5.41, 5.74) is 1.83. The van der Waals surface area contributed by atoms with E-state index < -0.39 is 5.82 Å². The number of halogens is 2. The normalized spacial score (nSPS) is 13.7. The van der Waals surface area contributed by atoms with Gasteiger partial charge in [-0.3, -0.25) is 0 Å². The van der Waals surface area contributed by atoms with Crippen molar-refractivity contribution in [2.45, 2.75) is 52.5 Å². The van der Waals surface area contributed by atoms with Crippen molar-refractivity contribution >= 4 is 28.6 Å². The lowest BCUT2D eigenvalue weighted by Gasteiger charge is -2.29. The summed E-state index contributed by atoms with van der Waals surface area (Å²) in [4.78, 5) is 5.56. The van der Waals surface area contributed by atoms with Crippen molar-refractivity contribution in [2.75, 3.05) is 0 Å². The van der Waals surface area contributed by atoms with E-state index >= 15 is 0 Å². The van der Waals surface area contributed by atoms with Gasteiger partial charge < -0.3 is 4.57 Å². The van der Waals surface area contributed by atoms with Crippen LogP contribution in [0.25, 0.3) is 0 Å². The molecule has 2 rings (SSSR count). The van der Waals surface area contributed by atoms with Crippen LogP contribution in [0.5, 0.6) is 0 Å². The first-order chi connectivity index (χ1) is 10.00. The van der Waals surface area contributed by atoms with Crippen molar-refractivity contribution in [2.24, 2.45) is 4.99 Å². The molecule has 0 radical (unpaired) electrons. The highest BCUT2D eigenvalue weighted by atomic mass is 35.5. The maximum atomic E-state index is 13.3. The standard InChI is InChI=1S/C17H22ClFN2S/c1-16(2,3)14-10-22-15(21(14)17(4,5)6)20-11-7-8-13(19)12(18)9-11/h7-10H,1-6H3. The zero-order valence-corrected chi connectivity index (χ0v) is 15.4. The third-order valence-electron chi connectivity index (χ3n) is 3.28. The van der Waals surface area contributed by atoms with Crippen LogP contribution >= 0.6 is 22.9 Å². The van der Waals surface area contributed by atoms with Crippen LogP contribution in [-0.4, -0.2) is 4.57 Å². The molecule has 0 N–H and O–H groups in total. The van der Waals surface area contributed by atoms with Crippen LogP contribution in [0.1, 0.15) is 47.2 Å². The lowest BCUT2D eigenvalue weighted by atomic mass is 9.91. The SMILES string of the molecule is CC(C)(C)c1csc(=Nc2ccc(F)c(Cl)c2)n1C(C)(C)C. The quantitative estimate of drug-likeness (QED) is 0.640. The molecule has 0 spiro atoms. The Hall–Kier alpha value is -1.13. The molecule has 0 saturated carbocycles. The number of aromatic nitrogens is 1. The third kappa shape index (κ3) is 3.61. The minimum absolute atomic E-state index is 0.0258. The lowest BCUT2D eigenvalue weighted by molar-refractivity contribution is 0.350. The second kappa shape index (κ2) is 5.82. The number of hydrogen-bond donors (Lipinski definition) is 0. The molecule has 2 nitrogen and oxygen atoms in total. The van der Waals surface area contributed by atoms with Crippen LogP contribution in [0, 0.1) is 5.82 Å². The summed E-state index contributed by atoms with van der Waals surface area (Å²) in [6, 6.07) is 4.55. The average Bonchev–Trinajstić information content (AvgIpc) is 2.77. The summed E-state index contributed by atoms with van der Waals surface area (Å²) >= 11 is 7.44. The molecule has 5 heteroatoms. The maximum Gasteiger partial charge on any atom is 0.190 e. The zero-order valence-electron chi connectivity index (χ0n) is 13.9. The van der Waals surface area contributed by atoms with E-state index in [1.165, 1.54) is 11.8 Å². The fourth-order valence-electron chi connectivity index (χ4n) is 2.22. The molecule has 0 bridgehead atoms. The van der Waals surface area contributed by atoms with Gasteiger partial charge in [-0.05, 0) is 39.0 Å². The zero-order chi connectivity index (χ0) is 16.7. The summed E-state index contributed by atoms with van der Waals surface area (Å²) in [6.45, 7) is 13.0. The van der Waals surface area contributed by atoms with Crippen molar-refractivity contribution in [1.29, 1.82) is 0 Å². The highest BCUT2D eigenvalue weighted by Gasteiger charge is 2.26. The number of hydrogen-bond acceptors (Lipinski definition) is 2. The Balaban J connectivity index is 2.68. The van der Waals surface area contributed by atoms with E-state index in [1.807, 2.05) is 0 Å². The van der Waals surface area contributed by atoms with Crippen LogP contribution < -0.4 is 4.80 Å². The Labute approximate surface area is 140 Å². The number of thiazole rings is 1. The Morgan fingerprint density at radius 2 is 1.77 bits per heavy atom. The average molecular weight is 341 g/mol. The molecule has 120 valence electrons. The molecule has 0 aliphatic rings. The van der Waals surface area contributed by atoms with Gasteiger partial charge in [-0.25, -0.2) is 9.38 Å². The van der Waals surface area contributed by atoms with E-state index in [2.05, 4.69) is 56.5 Å². The summed E-state index contributed by atoms with van der Waals surface area (Å²) in [5.74, 6) is -0.425. The molecule has 22 heavy (non-hydrogen) atoms. The molecule has 1 aromatic heterocycles. The van der Waals surface area contributed by atoms with Crippen LogP contribution in [0.15, 0.2) is 28.6 Å². The van der Waals surface area contributed by atoms with Crippen LogP contribution in [0.4, 0.5) is 10.1 Å². The highest BCUT2D eigenvalue weighted by molar-refractivity contribution is 7.07. The van der Waals surface area contributed by atoms with E-state index in [9.17, 15) is 4.39 Å². The summed E-state index contributed by atoms with van der Waals surface area (Å²) in [6.07, 6.45) is 0. The van der Waals surface area contributed by atoms with E-state index in [4.69, 9.17) is 11.6 Å². The van der Waals surface area contributed by atoms with Gasteiger partial charge in [0.25, 0.3) is 0 Å². The van der Waals surface area contributed by atoms with Gasteiger partial charge in [0.2, 0.25) is 0 Å². The lowest BCUT2D eigenvalue weighted by Crippen LogP contribution is -2.35. The fourth-order valence-corrected chi connectivity index (χ4v) is 3.71. The molecule has 1 heterocycles. The minimum atomic E-state index is -0.425. The smallest absolute Gasteiger partial charge is 0.190 e. The molecule has 1 aromatic carbocycles. The van der Waals surface area contributed by atoms with Gasteiger partial charge in [-0.2, -0.15) is 0 Å². The number of benzene rings is 1. The summed E-state index contributed by atoms with van der Waals surface area (Å²) in [5, 5.41) is 2.24. The van der Waals surface area contributed by atoms with E-state index in [0.717, 1.165) is 4.80 Å². The molecule has 0 atom stereocenters. The van der Waals surface area contributed by atoms with E-state index in [-0.39, 0.29) is 16.0 Å². The number of rotatable bonds is 1. The Morgan fingerprint density at radius 3 is 2.27 bits per heavy atom. The minimum Gasteiger partial charge on any atom is -0.315 e. The van der Waals surface area contributed by atoms with Crippen molar-refractivity contribution in [3.63, 3.8) is 0 Å². The van der Waals surface area contributed by atoms with E-state index in [1.54, 1.807) is 23.5 Å². The van der Waals surface area contributed by atoms with Crippen molar-refractivity contribution in [3.8, 4) is 0 Å². The second-order valence-electron chi connectivity index (χ2n) is 7.37. The summed E-state index contributed by atoms with van der Waals surface area (Å²) < 4.78 is 15.5. The predicted molar refractivity (Wildman–Crippen MR) is 92.6 cm³/mol. The largest absolute Gasteiger partial charge is 0.315 e. The molecule has 0 saturated heterocycles. The van der Waals surface area contributed by atoms with Crippen LogP contribution in [-0.2, 0) is 11.0 Å². The van der Waals surface area contributed by atoms with Gasteiger partial charge in [0.1, 0.15) is 5.82 Å². The first-order valence-electron chi connectivity index (χ1n) is 7.21. The van der Waals surface area contributed by atoms with Gasteiger partial charge in [0.05, 0.1) is 10.7 Å². The van der Waals surface area contributed by atoms with Crippen molar-refractivity contribution < 1.29 is 4.39 Å². The Bertz CT molecular complexity index is 745. The summed E-state index contributed by atoms with van der Waals surface area (Å²) in [7, 11) is 0. The Morgan fingerprint density at radius 1 is 1.14 bits per heavy atom. The molecule has 0 amide bonds. The highest BCUT2D eigenvalue weighted by Crippen LogP contribution is 2.28. The molecule has 0 aliphatic carbocycles. The van der Waals surface area contributed by atoms with Gasteiger partial charge in [0.15, 0.2) is 4.80 Å². The third-order valence-corrected chi connectivity index (χ3v) is 4.39. The van der Waals surface area contributed by atoms with Crippen molar-refractivity contribution in [3.05, 3.63) is 44.9 Å². The predicted octanol–water partition coefficient (Wildman–Crippen LogP) is 5.63. The number of nitrogens with zero attached hydrogens (tertiary/aromatic N) is 2. The van der Waals surface area contributed by atoms with Crippen molar-refractivity contribution in [1.82, 2.24) is 4.57 Å². The van der Waals surface area contributed by atoms with Crippen LogP contribution in [0.3, 0.4) is 0 Å². The first-order valence-corrected chi connectivity index (χ1v) is 8.47. The second-order valence-corrected chi connectivity index (χ2v) is 8.61. The monoisotopic (exact) mass is 340 g/mol. The molecule has 0 aliphatic heterocycles. The Kier molecular flexibility index (Phi) is 4.56. The molecule has 0 fully saturated rings. The first kappa shape index (κ1) is 17.2. The molecule has 2 aromatic rings. The molecule has 0 unspecified atom stereocenters. The molecular formula is C17H22ClFN2S. The topological polar surface area (TPSA) is 17.3 Å². The van der Waals surface area contributed by atoms with Gasteiger partial charge in [0, 0.05) is 22.0 Å². The fraction of sp³-hybridized carbons (Fsp3) is 0.471. The molecular weight excluding hydrogens is 319 g/mol. The van der Waals surface area contributed by atoms with E-state index in [0.29, 0.717) is 5.69 Å². The van der Waals surface area contributed by atoms with Crippen LogP contribution in [0.2, 0.25) is 5.02 Å². The van der Waals surface area contributed by atoms with Gasteiger partial charge in [-0.15, -0.1) is 11.3 Å².